The van der Waals surface area contributed by atoms with E-state index in [9.17, 15) is 4.79 Å². The number of aromatic nitrogens is 2. The van der Waals surface area contributed by atoms with Gasteiger partial charge in [0.1, 0.15) is 0 Å². The molecule has 0 aliphatic carbocycles. The van der Waals surface area contributed by atoms with E-state index in [1.54, 1.807) is 12.3 Å². The fourth-order valence-electron chi connectivity index (χ4n) is 2.12. The first-order valence-corrected chi connectivity index (χ1v) is 6.70. The van der Waals surface area contributed by atoms with Crippen molar-refractivity contribution in [1.29, 1.82) is 0 Å². The molecule has 21 heavy (non-hydrogen) atoms. The summed E-state index contributed by atoms with van der Waals surface area (Å²) in [6, 6.07) is 15.0. The zero-order chi connectivity index (χ0) is 14.7. The number of hydrogen-bond acceptors (Lipinski definition) is 2. The van der Waals surface area contributed by atoms with Gasteiger partial charge >= 0.3 is 0 Å². The van der Waals surface area contributed by atoms with Gasteiger partial charge in [0.25, 0.3) is 5.91 Å². The molecule has 0 fully saturated rings. The van der Waals surface area contributed by atoms with Gasteiger partial charge in [0.2, 0.25) is 0 Å². The third-order valence-corrected chi connectivity index (χ3v) is 3.19. The lowest BCUT2D eigenvalue weighted by Gasteiger charge is -2.07. The number of carbonyl (C=O) groups excluding carboxylic acids is 1. The summed E-state index contributed by atoms with van der Waals surface area (Å²) in [5.74, 6) is -0.125. The summed E-state index contributed by atoms with van der Waals surface area (Å²) < 4.78 is 1.99. The Morgan fingerprint density at radius 1 is 1.10 bits per heavy atom. The maximum atomic E-state index is 12.2. The smallest absolute Gasteiger partial charge is 0.255 e. The number of pyridine rings is 1. The lowest BCUT2D eigenvalue weighted by molar-refractivity contribution is 0.102. The van der Waals surface area contributed by atoms with Crippen molar-refractivity contribution in [3.63, 3.8) is 0 Å². The maximum absolute atomic E-state index is 12.2. The van der Waals surface area contributed by atoms with Crippen molar-refractivity contribution in [3.8, 4) is 5.69 Å². The van der Waals surface area contributed by atoms with Gasteiger partial charge in [0.05, 0.1) is 0 Å². The molecule has 104 valence electrons. The molecule has 0 bridgehead atoms. The van der Waals surface area contributed by atoms with Crippen molar-refractivity contribution in [1.82, 2.24) is 9.55 Å². The van der Waals surface area contributed by atoms with Crippen LogP contribution in [0.2, 0.25) is 0 Å². The van der Waals surface area contributed by atoms with Crippen LogP contribution in [0.4, 0.5) is 5.69 Å². The van der Waals surface area contributed by atoms with Crippen molar-refractivity contribution in [2.75, 3.05) is 5.32 Å². The van der Waals surface area contributed by atoms with Gasteiger partial charge in [-0.25, -0.2) is 0 Å². The Kier molecular flexibility index (Phi) is 3.51. The highest BCUT2D eigenvalue weighted by Gasteiger charge is 2.06. The zero-order valence-corrected chi connectivity index (χ0v) is 11.7. The summed E-state index contributed by atoms with van der Waals surface area (Å²) in [5.41, 5.74) is 3.27. The van der Waals surface area contributed by atoms with E-state index in [1.165, 1.54) is 0 Å². The lowest BCUT2D eigenvalue weighted by atomic mass is 10.2. The van der Waals surface area contributed by atoms with Crippen LogP contribution in [0.25, 0.3) is 5.69 Å². The molecule has 4 nitrogen and oxygen atoms in total. The number of nitrogens with one attached hydrogen (secondary N) is 1. The van der Waals surface area contributed by atoms with Crippen LogP contribution in [-0.4, -0.2) is 15.5 Å². The molecule has 1 aromatic carbocycles. The van der Waals surface area contributed by atoms with Crippen LogP contribution in [0.3, 0.4) is 0 Å². The van der Waals surface area contributed by atoms with Crippen molar-refractivity contribution in [3.05, 3.63) is 78.4 Å². The summed E-state index contributed by atoms with van der Waals surface area (Å²) >= 11 is 0. The number of amides is 1. The fraction of sp³-hybridized carbons (Fsp3) is 0.0588. The molecule has 3 rings (SSSR count). The predicted molar refractivity (Wildman–Crippen MR) is 82.7 cm³/mol. The number of rotatable bonds is 3. The summed E-state index contributed by atoms with van der Waals surface area (Å²) in [7, 11) is 0. The SMILES string of the molecule is Cc1cc(NC(=O)c2ccc(-n3cccc3)cc2)ccn1. The molecular weight excluding hydrogens is 262 g/mol. The van der Waals surface area contributed by atoms with E-state index in [2.05, 4.69) is 10.3 Å². The first-order valence-electron chi connectivity index (χ1n) is 6.70. The van der Waals surface area contributed by atoms with Crippen LogP contribution in [0.15, 0.2) is 67.1 Å². The molecule has 0 spiro atoms. The molecule has 2 heterocycles. The Labute approximate surface area is 123 Å². The Bertz CT molecular complexity index is 746. The van der Waals surface area contributed by atoms with Crippen LogP contribution < -0.4 is 5.32 Å². The van der Waals surface area contributed by atoms with Crippen LogP contribution in [0, 0.1) is 6.92 Å². The first-order chi connectivity index (χ1) is 10.2. The average molecular weight is 277 g/mol. The normalized spacial score (nSPS) is 10.3. The van der Waals surface area contributed by atoms with Crippen LogP contribution in [0.5, 0.6) is 0 Å². The van der Waals surface area contributed by atoms with E-state index in [-0.39, 0.29) is 5.91 Å². The van der Waals surface area contributed by atoms with Crippen molar-refractivity contribution >= 4 is 11.6 Å². The number of aryl methyl sites for hydroxylation is 1. The van der Waals surface area contributed by atoms with Crippen LogP contribution >= 0.6 is 0 Å². The Morgan fingerprint density at radius 3 is 2.48 bits per heavy atom. The van der Waals surface area contributed by atoms with E-state index in [4.69, 9.17) is 0 Å². The van der Waals surface area contributed by atoms with Crippen molar-refractivity contribution in [2.24, 2.45) is 0 Å². The van der Waals surface area contributed by atoms with Crippen LogP contribution in [0.1, 0.15) is 16.1 Å². The molecule has 0 aliphatic rings. The van der Waals surface area contributed by atoms with E-state index in [1.807, 2.05) is 66.3 Å². The average Bonchev–Trinajstić information content (AvgIpc) is 3.01. The third-order valence-electron chi connectivity index (χ3n) is 3.19. The second kappa shape index (κ2) is 5.63. The van der Waals surface area contributed by atoms with Gasteiger partial charge in [0, 0.05) is 41.2 Å². The van der Waals surface area contributed by atoms with Gasteiger partial charge in [-0.2, -0.15) is 0 Å². The maximum Gasteiger partial charge on any atom is 0.255 e. The first kappa shape index (κ1) is 13.1. The Hall–Kier alpha value is -2.88. The van der Waals surface area contributed by atoms with E-state index >= 15 is 0 Å². The van der Waals surface area contributed by atoms with Gasteiger partial charge in [-0.1, -0.05) is 0 Å². The summed E-state index contributed by atoms with van der Waals surface area (Å²) in [4.78, 5) is 16.3. The zero-order valence-electron chi connectivity index (χ0n) is 11.7. The number of hydrogen-bond donors (Lipinski definition) is 1. The number of carbonyl (C=O) groups is 1. The fourth-order valence-corrected chi connectivity index (χ4v) is 2.12. The Morgan fingerprint density at radius 2 is 1.81 bits per heavy atom. The molecule has 3 aromatic rings. The molecule has 1 amide bonds. The molecule has 0 atom stereocenters. The predicted octanol–water partition coefficient (Wildman–Crippen LogP) is 3.43. The molecule has 0 saturated heterocycles. The van der Waals surface area contributed by atoms with E-state index in [0.717, 1.165) is 17.1 Å². The summed E-state index contributed by atoms with van der Waals surface area (Å²) in [6.45, 7) is 1.89. The highest BCUT2D eigenvalue weighted by atomic mass is 16.1. The lowest BCUT2D eigenvalue weighted by Crippen LogP contribution is -2.12. The molecule has 0 aliphatic heterocycles. The molecule has 4 heteroatoms. The van der Waals surface area contributed by atoms with Gasteiger partial charge in [0.15, 0.2) is 0 Å². The van der Waals surface area contributed by atoms with Gasteiger partial charge in [-0.05, 0) is 55.5 Å². The van der Waals surface area contributed by atoms with Crippen molar-refractivity contribution < 1.29 is 4.79 Å². The standard InChI is InChI=1S/C17H15N3O/c1-13-12-15(8-9-18-13)19-17(21)14-4-6-16(7-5-14)20-10-2-3-11-20/h2-12H,1H3,(H,18,19,21). The minimum atomic E-state index is -0.125. The monoisotopic (exact) mass is 277 g/mol. The summed E-state index contributed by atoms with van der Waals surface area (Å²) in [6.07, 6.45) is 5.61. The van der Waals surface area contributed by atoms with Gasteiger partial charge in [-0.3, -0.25) is 9.78 Å². The number of anilines is 1. The van der Waals surface area contributed by atoms with Crippen LogP contribution in [-0.2, 0) is 0 Å². The quantitative estimate of drug-likeness (QED) is 0.797. The Balaban J connectivity index is 1.76. The molecule has 2 aromatic heterocycles. The minimum Gasteiger partial charge on any atom is -0.324 e. The molecule has 0 radical (unpaired) electrons. The largest absolute Gasteiger partial charge is 0.324 e. The highest BCUT2D eigenvalue weighted by molar-refractivity contribution is 6.04. The second-order valence-electron chi connectivity index (χ2n) is 4.78. The van der Waals surface area contributed by atoms with E-state index in [0.29, 0.717) is 5.56 Å². The van der Waals surface area contributed by atoms with Crippen molar-refractivity contribution in [2.45, 2.75) is 6.92 Å². The number of benzene rings is 1. The highest BCUT2D eigenvalue weighted by Crippen LogP contribution is 2.13. The van der Waals surface area contributed by atoms with E-state index < -0.39 is 0 Å². The third kappa shape index (κ3) is 3.00. The second-order valence-corrected chi connectivity index (χ2v) is 4.78. The van der Waals surface area contributed by atoms with Gasteiger partial charge < -0.3 is 9.88 Å². The molecule has 0 unspecified atom stereocenters. The minimum absolute atomic E-state index is 0.125. The van der Waals surface area contributed by atoms with Gasteiger partial charge in [-0.15, -0.1) is 0 Å². The topological polar surface area (TPSA) is 46.9 Å². The molecular formula is C17H15N3O. The summed E-state index contributed by atoms with van der Waals surface area (Å²) in [5, 5.41) is 2.87. The molecule has 1 N–H and O–H groups in total. The molecule has 0 saturated carbocycles. The number of nitrogens with zero attached hydrogens (tertiary/aromatic N) is 2.